The second kappa shape index (κ2) is 5.91. The van der Waals surface area contributed by atoms with E-state index in [2.05, 4.69) is 4.98 Å². The molecule has 1 fully saturated rings. The van der Waals surface area contributed by atoms with E-state index in [9.17, 15) is 14.3 Å². The minimum Gasteiger partial charge on any atom is -0.391 e. The third-order valence-electron chi connectivity index (χ3n) is 3.47. The van der Waals surface area contributed by atoms with E-state index in [4.69, 9.17) is 0 Å². The van der Waals surface area contributed by atoms with Crippen LogP contribution in [0, 0.1) is 5.82 Å². The van der Waals surface area contributed by atoms with Gasteiger partial charge in [-0.3, -0.25) is 4.79 Å². The van der Waals surface area contributed by atoms with Gasteiger partial charge in [0.15, 0.2) is 0 Å². The molecule has 2 heterocycles. The van der Waals surface area contributed by atoms with Crippen molar-refractivity contribution in [1.82, 2.24) is 9.88 Å². The Balaban J connectivity index is 1.69. The summed E-state index contributed by atoms with van der Waals surface area (Å²) in [6, 6.07) is 6.26. The predicted molar refractivity (Wildman–Crippen MR) is 78.4 cm³/mol. The van der Waals surface area contributed by atoms with Crippen LogP contribution in [0.3, 0.4) is 0 Å². The molecule has 0 aliphatic carbocycles. The predicted octanol–water partition coefficient (Wildman–Crippen LogP) is 2.08. The maximum atomic E-state index is 13.2. The lowest BCUT2D eigenvalue weighted by Crippen LogP contribution is -2.30. The quantitative estimate of drug-likeness (QED) is 0.944. The third kappa shape index (κ3) is 3.28. The Morgan fingerprint density at radius 3 is 3.10 bits per heavy atom. The average Bonchev–Trinajstić information content (AvgIpc) is 3.08. The van der Waals surface area contributed by atoms with Gasteiger partial charge in [-0.1, -0.05) is 12.1 Å². The van der Waals surface area contributed by atoms with Crippen LogP contribution in [-0.2, 0) is 11.2 Å². The van der Waals surface area contributed by atoms with Crippen LogP contribution >= 0.6 is 11.3 Å². The lowest BCUT2D eigenvalue weighted by Gasteiger charge is -2.14. The highest BCUT2D eigenvalue weighted by Gasteiger charge is 2.24. The summed E-state index contributed by atoms with van der Waals surface area (Å²) in [6.07, 6.45) is 0.447. The van der Waals surface area contributed by atoms with Crippen molar-refractivity contribution in [2.45, 2.75) is 18.9 Å². The molecule has 110 valence electrons. The van der Waals surface area contributed by atoms with E-state index in [-0.39, 0.29) is 18.1 Å². The Bertz CT molecular complexity index is 659. The summed E-state index contributed by atoms with van der Waals surface area (Å²) in [6.45, 7) is 1.00. The van der Waals surface area contributed by atoms with Crippen molar-refractivity contribution in [3.63, 3.8) is 0 Å². The molecule has 1 atom stereocenters. The Hall–Kier alpha value is -1.79. The normalized spacial score (nSPS) is 18.2. The number of hydrogen-bond acceptors (Lipinski definition) is 4. The molecule has 0 bridgehead atoms. The molecular weight excluding hydrogens is 291 g/mol. The maximum Gasteiger partial charge on any atom is 0.228 e. The van der Waals surface area contributed by atoms with E-state index in [0.717, 1.165) is 5.56 Å². The molecule has 6 heteroatoms. The number of aliphatic hydroxyl groups excluding tert-OH is 1. The zero-order chi connectivity index (χ0) is 14.8. The molecule has 2 aromatic rings. The summed E-state index contributed by atoms with van der Waals surface area (Å²) < 4.78 is 13.2. The van der Waals surface area contributed by atoms with Crippen molar-refractivity contribution >= 4 is 17.2 Å². The van der Waals surface area contributed by atoms with E-state index in [0.29, 0.717) is 30.2 Å². The molecule has 1 amide bonds. The minimum atomic E-state index is -0.410. The topological polar surface area (TPSA) is 53.4 Å². The Kier molecular flexibility index (Phi) is 3.98. The molecule has 1 N–H and O–H groups in total. The van der Waals surface area contributed by atoms with Crippen LogP contribution in [0.4, 0.5) is 4.39 Å². The van der Waals surface area contributed by atoms with E-state index in [1.807, 2.05) is 5.38 Å². The molecule has 1 aliphatic rings. The van der Waals surface area contributed by atoms with E-state index >= 15 is 0 Å². The number of amides is 1. The third-order valence-corrected chi connectivity index (χ3v) is 4.41. The summed E-state index contributed by atoms with van der Waals surface area (Å²) in [5, 5.41) is 12.0. The van der Waals surface area contributed by atoms with Crippen LogP contribution in [0.5, 0.6) is 0 Å². The lowest BCUT2D eigenvalue weighted by molar-refractivity contribution is -0.129. The lowest BCUT2D eigenvalue weighted by atomic mass is 10.2. The monoisotopic (exact) mass is 306 g/mol. The van der Waals surface area contributed by atoms with Crippen LogP contribution in [0.1, 0.15) is 12.1 Å². The summed E-state index contributed by atoms with van der Waals surface area (Å²) in [4.78, 5) is 18.1. The fraction of sp³-hybridized carbons (Fsp3) is 0.333. The number of hydrogen-bond donors (Lipinski definition) is 1. The first kappa shape index (κ1) is 14.2. The second-order valence-corrected chi connectivity index (χ2v) is 5.97. The van der Waals surface area contributed by atoms with Crippen molar-refractivity contribution in [1.29, 1.82) is 0 Å². The van der Waals surface area contributed by atoms with Crippen LogP contribution in [0.15, 0.2) is 29.6 Å². The van der Waals surface area contributed by atoms with Gasteiger partial charge in [-0.2, -0.15) is 0 Å². The van der Waals surface area contributed by atoms with E-state index < -0.39 is 6.10 Å². The van der Waals surface area contributed by atoms with Crippen LogP contribution < -0.4 is 0 Å². The average molecular weight is 306 g/mol. The molecule has 1 aromatic heterocycles. The van der Waals surface area contributed by atoms with Gasteiger partial charge in [-0.05, 0) is 18.6 Å². The largest absolute Gasteiger partial charge is 0.391 e. The number of likely N-dealkylation sites (tertiary alicyclic amines) is 1. The summed E-state index contributed by atoms with van der Waals surface area (Å²) in [7, 11) is 0. The standard InChI is InChI=1S/C15H15FN2O2S/c16-11-3-1-2-10(6-11)15-17-12(9-21-15)7-14(20)18-5-4-13(19)8-18/h1-3,6,9,13,19H,4-5,7-8H2/t13-/m1/s1. The molecule has 4 nitrogen and oxygen atoms in total. The minimum absolute atomic E-state index is 0.0253. The van der Waals surface area contributed by atoms with Crippen LogP contribution in [-0.4, -0.2) is 40.1 Å². The van der Waals surface area contributed by atoms with Gasteiger partial charge >= 0.3 is 0 Å². The number of rotatable bonds is 3. The zero-order valence-corrected chi connectivity index (χ0v) is 12.1. The summed E-state index contributed by atoms with van der Waals surface area (Å²) in [5.74, 6) is -0.325. The highest BCUT2D eigenvalue weighted by molar-refractivity contribution is 7.13. The molecule has 1 aromatic carbocycles. The highest BCUT2D eigenvalue weighted by atomic mass is 32.1. The summed E-state index contributed by atoms with van der Waals surface area (Å²) in [5.41, 5.74) is 1.40. The zero-order valence-electron chi connectivity index (χ0n) is 11.3. The fourth-order valence-corrected chi connectivity index (χ4v) is 3.19. The molecule has 0 saturated carbocycles. The number of carbonyl (C=O) groups excluding carboxylic acids is 1. The van der Waals surface area contributed by atoms with Gasteiger partial charge in [0.2, 0.25) is 5.91 Å². The number of carbonyl (C=O) groups is 1. The Labute approximate surface area is 125 Å². The van der Waals surface area contributed by atoms with Crippen LogP contribution in [0.2, 0.25) is 0 Å². The fourth-order valence-electron chi connectivity index (χ4n) is 2.38. The number of nitrogens with zero attached hydrogens (tertiary/aromatic N) is 2. The van der Waals surface area contributed by atoms with Crippen LogP contribution in [0.25, 0.3) is 10.6 Å². The SMILES string of the molecule is O=C(Cc1csc(-c2cccc(F)c2)n1)N1CC[C@@H](O)C1. The van der Waals surface area contributed by atoms with Crippen molar-refractivity contribution in [3.05, 3.63) is 41.2 Å². The first-order chi connectivity index (χ1) is 10.1. The molecule has 21 heavy (non-hydrogen) atoms. The molecule has 0 spiro atoms. The van der Waals surface area contributed by atoms with Gasteiger partial charge in [0, 0.05) is 24.0 Å². The molecule has 1 saturated heterocycles. The second-order valence-electron chi connectivity index (χ2n) is 5.11. The Morgan fingerprint density at radius 2 is 2.38 bits per heavy atom. The van der Waals surface area contributed by atoms with E-state index in [1.165, 1.54) is 23.5 Å². The first-order valence-corrected chi connectivity index (χ1v) is 7.66. The smallest absolute Gasteiger partial charge is 0.228 e. The number of halogens is 1. The Morgan fingerprint density at radius 1 is 1.52 bits per heavy atom. The van der Waals surface area contributed by atoms with Gasteiger partial charge in [-0.15, -0.1) is 11.3 Å². The molecule has 0 unspecified atom stereocenters. The van der Waals surface area contributed by atoms with Crippen molar-refractivity contribution in [2.75, 3.05) is 13.1 Å². The molecule has 0 radical (unpaired) electrons. The highest BCUT2D eigenvalue weighted by Crippen LogP contribution is 2.24. The van der Waals surface area contributed by atoms with Gasteiger partial charge in [0.1, 0.15) is 10.8 Å². The van der Waals surface area contributed by atoms with Gasteiger partial charge in [-0.25, -0.2) is 9.37 Å². The number of benzene rings is 1. The maximum absolute atomic E-state index is 13.2. The number of thiazole rings is 1. The van der Waals surface area contributed by atoms with Crippen molar-refractivity contribution < 1.29 is 14.3 Å². The van der Waals surface area contributed by atoms with Crippen molar-refractivity contribution in [3.8, 4) is 10.6 Å². The van der Waals surface area contributed by atoms with Gasteiger partial charge < -0.3 is 10.0 Å². The first-order valence-electron chi connectivity index (χ1n) is 6.78. The number of aliphatic hydroxyl groups is 1. The number of β-amino-alcohol motifs (C(OH)–C–C–N with tert-alkyl or cyclic N) is 1. The molecular formula is C15H15FN2O2S. The molecule has 3 rings (SSSR count). The number of aromatic nitrogens is 1. The summed E-state index contributed by atoms with van der Waals surface area (Å²) >= 11 is 1.40. The van der Waals surface area contributed by atoms with Gasteiger partial charge in [0.05, 0.1) is 18.2 Å². The molecule has 1 aliphatic heterocycles. The van der Waals surface area contributed by atoms with Gasteiger partial charge in [0.25, 0.3) is 0 Å². The van der Waals surface area contributed by atoms with E-state index in [1.54, 1.807) is 17.0 Å². The van der Waals surface area contributed by atoms with Crippen molar-refractivity contribution in [2.24, 2.45) is 0 Å².